The van der Waals surface area contributed by atoms with Crippen LogP contribution in [0.4, 0.5) is 4.79 Å². The molecule has 1 saturated heterocycles. The molecular weight excluding hydrogens is 707 g/mol. The van der Waals surface area contributed by atoms with E-state index in [1.54, 1.807) is 25.7 Å². The quantitative estimate of drug-likeness (QED) is 0.128. The number of sulfone groups is 1. The summed E-state index contributed by atoms with van der Waals surface area (Å²) in [7, 11) is -3.58. The summed E-state index contributed by atoms with van der Waals surface area (Å²) in [6.45, 7) is 17.4. The highest BCUT2D eigenvalue weighted by atomic mass is 32.2. The molecule has 5 atom stereocenters. The van der Waals surface area contributed by atoms with Gasteiger partial charge in [0.25, 0.3) is 5.91 Å². The summed E-state index contributed by atoms with van der Waals surface area (Å²) in [6, 6.07) is -3.45. The first-order valence-electron chi connectivity index (χ1n) is 20.6. The van der Waals surface area contributed by atoms with Crippen LogP contribution in [0.5, 0.6) is 0 Å². The second kappa shape index (κ2) is 17.5. The zero-order valence-electron chi connectivity index (χ0n) is 34.1. The lowest BCUT2D eigenvalue weighted by Gasteiger charge is -2.44. The van der Waals surface area contributed by atoms with Gasteiger partial charge in [-0.15, -0.1) is 6.58 Å². The Kier molecular flexibility index (Phi) is 14.1. The van der Waals surface area contributed by atoms with Gasteiger partial charge in [-0.2, -0.15) is 0 Å². The summed E-state index contributed by atoms with van der Waals surface area (Å²) >= 11 is 0. The van der Waals surface area contributed by atoms with E-state index in [0.29, 0.717) is 38.6 Å². The van der Waals surface area contributed by atoms with Gasteiger partial charge in [0.1, 0.15) is 12.1 Å². The third kappa shape index (κ3) is 9.88. The van der Waals surface area contributed by atoms with Gasteiger partial charge in [0.15, 0.2) is 9.84 Å². The maximum atomic E-state index is 15.2. The van der Waals surface area contributed by atoms with Crippen molar-refractivity contribution >= 4 is 39.4 Å². The van der Waals surface area contributed by atoms with Gasteiger partial charge in [0.05, 0.1) is 22.1 Å². The van der Waals surface area contributed by atoms with E-state index in [-0.39, 0.29) is 41.9 Å². The van der Waals surface area contributed by atoms with Gasteiger partial charge in [0.2, 0.25) is 17.6 Å². The van der Waals surface area contributed by atoms with Gasteiger partial charge < -0.3 is 26.2 Å². The molecule has 4 aliphatic rings. The first-order chi connectivity index (χ1) is 25.2. The Morgan fingerprint density at radius 3 is 2.09 bits per heavy atom. The molecule has 0 bridgehead atoms. The van der Waals surface area contributed by atoms with Crippen LogP contribution in [0, 0.1) is 22.7 Å². The minimum atomic E-state index is -3.58. The lowest BCUT2D eigenvalue weighted by Crippen LogP contribution is -2.64. The van der Waals surface area contributed by atoms with Crippen molar-refractivity contribution in [2.24, 2.45) is 22.7 Å². The molecule has 4 fully saturated rings. The van der Waals surface area contributed by atoms with Crippen LogP contribution < -0.4 is 21.3 Å². The van der Waals surface area contributed by atoms with Crippen molar-refractivity contribution in [1.82, 2.24) is 26.2 Å². The maximum absolute atomic E-state index is 15.2. The van der Waals surface area contributed by atoms with Crippen LogP contribution >= 0.6 is 0 Å². The third-order valence-corrected chi connectivity index (χ3v) is 16.0. The second-order valence-electron chi connectivity index (χ2n) is 18.8. The van der Waals surface area contributed by atoms with Crippen LogP contribution in [0.1, 0.15) is 145 Å². The molecule has 0 radical (unpaired) electrons. The number of amides is 5. The lowest BCUT2D eigenvalue weighted by molar-refractivity contribution is -0.145. The zero-order chi connectivity index (χ0) is 40.1. The first-order valence-corrected chi connectivity index (χ1v) is 22.2. The number of ketones is 1. The normalized spacial score (nSPS) is 25.8. The summed E-state index contributed by atoms with van der Waals surface area (Å²) < 4.78 is 26.0. The van der Waals surface area contributed by atoms with Crippen LogP contribution in [-0.2, 0) is 29.0 Å². The fourth-order valence-electron chi connectivity index (χ4n) is 9.60. The Morgan fingerprint density at radius 1 is 0.907 bits per heavy atom. The molecule has 5 amide bonds. The van der Waals surface area contributed by atoms with Gasteiger partial charge in [0, 0.05) is 13.1 Å². The Morgan fingerprint density at radius 2 is 1.52 bits per heavy atom. The van der Waals surface area contributed by atoms with E-state index >= 15 is 4.79 Å². The van der Waals surface area contributed by atoms with Crippen molar-refractivity contribution in [3.05, 3.63) is 12.7 Å². The van der Waals surface area contributed by atoms with E-state index in [0.717, 1.165) is 57.8 Å². The van der Waals surface area contributed by atoms with Gasteiger partial charge >= 0.3 is 6.03 Å². The number of nitrogens with zero attached hydrogens (tertiary/aromatic N) is 1. The number of Topliss-reactive ketones (excluding diaryl/α,β-unsaturated/α-hetero) is 1. The van der Waals surface area contributed by atoms with E-state index < -0.39 is 67.3 Å². The van der Waals surface area contributed by atoms with Gasteiger partial charge in [-0.05, 0) is 88.4 Å². The number of urea groups is 1. The van der Waals surface area contributed by atoms with E-state index in [1.165, 1.54) is 6.08 Å². The largest absolute Gasteiger partial charge is 0.346 e. The number of rotatable bonds is 15. The van der Waals surface area contributed by atoms with Crippen molar-refractivity contribution in [3.8, 4) is 0 Å². The van der Waals surface area contributed by atoms with E-state index in [9.17, 15) is 27.6 Å². The molecule has 0 aromatic rings. The fraction of sp³-hybridized carbons (Fsp3) is 0.829. The molecule has 1 aliphatic heterocycles. The number of hydrogen-bond acceptors (Lipinski definition) is 7. The van der Waals surface area contributed by atoms with Crippen molar-refractivity contribution < 1.29 is 32.4 Å². The van der Waals surface area contributed by atoms with E-state index in [4.69, 9.17) is 0 Å². The van der Waals surface area contributed by atoms with E-state index in [2.05, 4.69) is 41.7 Å². The van der Waals surface area contributed by atoms with Crippen LogP contribution in [0.15, 0.2) is 12.7 Å². The average molecular weight is 776 g/mol. The highest BCUT2D eigenvalue weighted by Gasteiger charge is 2.58. The standard InChI is InChI=1S/C41H69N5O7S/c1-9-11-18-30(32(47)35(49)42-25-10-2)43-34(48)31-28-19-24-39(6,7)29(28)26-46(31)36(50)33(40(8)20-14-12-15-21-40)44-37(51)45-41(22-16-13-17-23-41)27-54(52,53)38(3,4)5/h10,28-31,33H,2,9,11-27H2,1,3-8H3,(H,42,49)(H,43,48)(H2,44,45,51)/t28-,29-,30?,31-,33+/m0/s1. The van der Waals surface area contributed by atoms with Crippen molar-refractivity contribution in [2.75, 3.05) is 18.8 Å². The highest BCUT2D eigenvalue weighted by molar-refractivity contribution is 7.92. The Hall–Kier alpha value is -2.96. The van der Waals surface area contributed by atoms with Gasteiger partial charge in [-0.1, -0.05) is 85.1 Å². The predicted molar refractivity (Wildman–Crippen MR) is 211 cm³/mol. The maximum Gasteiger partial charge on any atom is 0.315 e. The van der Waals surface area contributed by atoms with Crippen molar-refractivity contribution in [3.63, 3.8) is 0 Å². The van der Waals surface area contributed by atoms with Gasteiger partial charge in [-0.25, -0.2) is 13.2 Å². The molecule has 0 spiro atoms. The SMILES string of the molecule is C=CCNC(=O)C(=O)C(CCCC)NC(=O)[C@@H]1[C@H]2CCC(C)(C)[C@H]2CN1C(=O)[C@@H](NC(=O)NC1(CS(=O)(=O)C(C)(C)C)CCCCC1)C1(C)CCCCC1. The molecular formula is C41H69N5O7S. The highest BCUT2D eigenvalue weighted by Crippen LogP contribution is 2.53. The Bertz CT molecular complexity index is 1510. The Labute approximate surface area is 324 Å². The number of carbonyl (C=O) groups excluding carboxylic acids is 5. The predicted octanol–water partition coefficient (Wildman–Crippen LogP) is 5.35. The minimum Gasteiger partial charge on any atom is -0.346 e. The summed E-state index contributed by atoms with van der Waals surface area (Å²) in [6.07, 6.45) is 12.6. The summed E-state index contributed by atoms with van der Waals surface area (Å²) in [4.78, 5) is 71.6. The molecule has 3 saturated carbocycles. The second-order valence-corrected chi connectivity index (χ2v) is 21.5. The van der Waals surface area contributed by atoms with E-state index in [1.807, 2.05) is 13.8 Å². The molecule has 1 unspecified atom stereocenters. The molecule has 1 heterocycles. The smallest absolute Gasteiger partial charge is 0.315 e. The topological polar surface area (TPSA) is 171 Å². The molecule has 12 nitrogen and oxygen atoms in total. The van der Waals surface area contributed by atoms with Crippen LogP contribution in [-0.4, -0.2) is 90.1 Å². The number of hydrogen-bond donors (Lipinski definition) is 4. The minimum absolute atomic E-state index is 0.0274. The summed E-state index contributed by atoms with van der Waals surface area (Å²) in [5.74, 6) is -2.61. The zero-order valence-corrected chi connectivity index (χ0v) is 34.9. The average Bonchev–Trinajstić information content (AvgIpc) is 3.63. The van der Waals surface area contributed by atoms with Gasteiger partial charge in [-0.3, -0.25) is 19.2 Å². The number of unbranched alkanes of at least 4 members (excludes halogenated alkanes) is 1. The number of nitrogens with one attached hydrogen (secondary N) is 4. The van der Waals surface area contributed by atoms with Crippen molar-refractivity contribution in [1.29, 1.82) is 0 Å². The lowest BCUT2D eigenvalue weighted by atomic mass is 9.70. The van der Waals surface area contributed by atoms with Crippen LogP contribution in [0.2, 0.25) is 0 Å². The third-order valence-electron chi connectivity index (χ3n) is 13.2. The molecule has 3 aliphatic carbocycles. The van der Waals surface area contributed by atoms with Crippen LogP contribution in [0.3, 0.4) is 0 Å². The summed E-state index contributed by atoms with van der Waals surface area (Å²) in [5, 5.41) is 11.6. The summed E-state index contributed by atoms with van der Waals surface area (Å²) in [5.41, 5.74) is -1.69. The molecule has 13 heteroatoms. The number of fused-ring (bicyclic) bond motifs is 1. The molecule has 54 heavy (non-hydrogen) atoms. The molecule has 0 aromatic carbocycles. The molecule has 0 aromatic heterocycles. The monoisotopic (exact) mass is 775 g/mol. The first kappa shape index (κ1) is 43.8. The van der Waals surface area contributed by atoms with Crippen LogP contribution in [0.25, 0.3) is 0 Å². The Balaban J connectivity index is 1.67. The number of carbonyl (C=O) groups is 5. The van der Waals surface area contributed by atoms with Crippen molar-refractivity contribution in [2.45, 2.75) is 173 Å². The number of likely N-dealkylation sites (tertiary alicyclic amines) is 1. The molecule has 4 rings (SSSR count). The fourth-order valence-corrected chi connectivity index (χ4v) is 11.1. The molecule has 306 valence electrons. The molecule has 4 N–H and O–H groups in total.